The molecule has 1 aromatic rings. The molecule has 0 unspecified atom stereocenters. The predicted molar refractivity (Wildman–Crippen MR) is 35.0 cm³/mol. The molecule has 0 aliphatic carbocycles. The molecular formula is C5H6F2N4O2. The van der Waals surface area contributed by atoms with Crippen LogP contribution in [0.25, 0.3) is 0 Å². The second kappa shape index (κ2) is 3.04. The molecule has 0 aliphatic heterocycles. The Morgan fingerprint density at radius 3 is 2.77 bits per heavy atom. The van der Waals surface area contributed by atoms with Gasteiger partial charge in [0.25, 0.3) is 0 Å². The Kier molecular flexibility index (Phi) is 2.22. The highest BCUT2D eigenvalue weighted by molar-refractivity contribution is 5.75. The van der Waals surface area contributed by atoms with Gasteiger partial charge in [-0.2, -0.15) is 8.78 Å². The lowest BCUT2D eigenvalue weighted by Gasteiger charge is -2.08. The first-order valence-corrected chi connectivity index (χ1v) is 3.38. The number of hydrogen-bond donors (Lipinski definition) is 1. The first-order chi connectivity index (χ1) is 6.00. The number of hydrogen-bond acceptors (Lipinski definition) is 4. The zero-order valence-electron chi connectivity index (χ0n) is 6.61. The number of aromatic nitrogens is 4. The van der Waals surface area contributed by atoms with Gasteiger partial charge in [-0.25, -0.2) is 9.48 Å². The quantitative estimate of drug-likeness (QED) is 0.721. The molecule has 1 aromatic heterocycles. The van der Waals surface area contributed by atoms with Crippen LogP contribution in [0.5, 0.6) is 0 Å². The van der Waals surface area contributed by atoms with E-state index < -0.39 is 17.7 Å². The van der Waals surface area contributed by atoms with E-state index in [4.69, 9.17) is 5.11 Å². The molecule has 0 saturated heterocycles. The predicted octanol–water partition coefficient (Wildman–Crippen LogP) is -0.131. The smallest absolute Gasteiger partial charge is 0.402 e. The van der Waals surface area contributed by atoms with Crippen molar-refractivity contribution < 1.29 is 18.7 Å². The topological polar surface area (TPSA) is 80.9 Å². The number of halogens is 2. The van der Waals surface area contributed by atoms with Gasteiger partial charge < -0.3 is 5.11 Å². The number of aryl methyl sites for hydroxylation is 1. The standard InChI is InChI=1S/C5H6F2N4O2/c1-2-11-3(8-9-10-11)5(6,7)4(12)13/h2H2,1H3,(H,12,13). The van der Waals surface area contributed by atoms with E-state index in [1.54, 1.807) is 0 Å². The normalized spacial score (nSPS) is 11.6. The summed E-state index contributed by atoms with van der Waals surface area (Å²) in [7, 11) is 0. The molecule has 0 amide bonds. The van der Waals surface area contributed by atoms with Crippen LogP contribution in [0.2, 0.25) is 0 Å². The average molecular weight is 192 g/mol. The molecule has 13 heavy (non-hydrogen) atoms. The summed E-state index contributed by atoms with van der Waals surface area (Å²) in [4.78, 5) is 10.1. The van der Waals surface area contributed by atoms with Gasteiger partial charge in [-0.15, -0.1) is 5.10 Å². The Labute approximate surface area is 71.2 Å². The Morgan fingerprint density at radius 1 is 1.69 bits per heavy atom. The number of tetrazole rings is 1. The number of rotatable bonds is 3. The molecule has 0 bridgehead atoms. The summed E-state index contributed by atoms with van der Waals surface area (Å²) in [6, 6.07) is 0. The van der Waals surface area contributed by atoms with E-state index in [1.165, 1.54) is 6.92 Å². The van der Waals surface area contributed by atoms with E-state index in [-0.39, 0.29) is 6.54 Å². The van der Waals surface area contributed by atoms with Gasteiger partial charge >= 0.3 is 11.9 Å². The van der Waals surface area contributed by atoms with E-state index in [0.717, 1.165) is 4.68 Å². The van der Waals surface area contributed by atoms with Gasteiger partial charge in [0, 0.05) is 6.54 Å². The van der Waals surface area contributed by atoms with Crippen LogP contribution in [0.1, 0.15) is 12.7 Å². The number of carboxylic acid groups (broad SMARTS) is 1. The molecule has 0 aromatic carbocycles. The third-order valence-corrected chi connectivity index (χ3v) is 1.38. The molecule has 1 rings (SSSR count). The molecule has 1 N–H and O–H groups in total. The van der Waals surface area contributed by atoms with Gasteiger partial charge in [0.05, 0.1) is 0 Å². The van der Waals surface area contributed by atoms with Crippen molar-refractivity contribution >= 4 is 5.97 Å². The van der Waals surface area contributed by atoms with Crippen molar-refractivity contribution in [3.8, 4) is 0 Å². The van der Waals surface area contributed by atoms with Crippen LogP contribution in [0.4, 0.5) is 8.78 Å². The van der Waals surface area contributed by atoms with E-state index in [9.17, 15) is 13.6 Å². The molecule has 0 spiro atoms. The minimum absolute atomic E-state index is 0.0885. The van der Waals surface area contributed by atoms with Crippen LogP contribution in [0.15, 0.2) is 0 Å². The molecule has 0 radical (unpaired) electrons. The zero-order chi connectivity index (χ0) is 10.1. The Bertz CT molecular complexity index is 324. The molecule has 8 heteroatoms. The summed E-state index contributed by atoms with van der Waals surface area (Å²) in [6.45, 7) is 1.61. The number of nitrogens with zero attached hydrogens (tertiary/aromatic N) is 4. The van der Waals surface area contributed by atoms with Crippen molar-refractivity contribution in [2.75, 3.05) is 0 Å². The Hall–Kier alpha value is -1.60. The highest BCUT2D eigenvalue weighted by Crippen LogP contribution is 2.25. The van der Waals surface area contributed by atoms with E-state index >= 15 is 0 Å². The van der Waals surface area contributed by atoms with Crippen molar-refractivity contribution in [2.45, 2.75) is 19.4 Å². The van der Waals surface area contributed by atoms with Crippen molar-refractivity contribution in [2.24, 2.45) is 0 Å². The monoisotopic (exact) mass is 192 g/mol. The van der Waals surface area contributed by atoms with Crippen molar-refractivity contribution in [3.63, 3.8) is 0 Å². The van der Waals surface area contributed by atoms with Crippen LogP contribution >= 0.6 is 0 Å². The van der Waals surface area contributed by atoms with Crippen molar-refractivity contribution in [3.05, 3.63) is 5.82 Å². The lowest BCUT2D eigenvalue weighted by Crippen LogP contribution is -2.29. The van der Waals surface area contributed by atoms with E-state index in [0.29, 0.717) is 0 Å². The highest BCUT2D eigenvalue weighted by Gasteiger charge is 2.46. The van der Waals surface area contributed by atoms with Crippen LogP contribution in [0, 0.1) is 0 Å². The maximum atomic E-state index is 12.8. The molecule has 6 nitrogen and oxygen atoms in total. The minimum Gasteiger partial charge on any atom is -0.476 e. The van der Waals surface area contributed by atoms with Crippen molar-refractivity contribution in [1.29, 1.82) is 0 Å². The molecule has 1 heterocycles. The number of carbonyl (C=O) groups is 1. The summed E-state index contributed by atoms with van der Waals surface area (Å²) >= 11 is 0. The van der Waals surface area contributed by atoms with Gasteiger partial charge in [0.1, 0.15) is 0 Å². The first-order valence-electron chi connectivity index (χ1n) is 3.38. The second-order valence-corrected chi connectivity index (χ2v) is 2.20. The van der Waals surface area contributed by atoms with Gasteiger partial charge in [-0.3, -0.25) is 0 Å². The maximum Gasteiger partial charge on any atom is 0.402 e. The second-order valence-electron chi connectivity index (χ2n) is 2.20. The van der Waals surface area contributed by atoms with Gasteiger partial charge in [0.2, 0.25) is 5.82 Å². The summed E-state index contributed by atoms with van der Waals surface area (Å²) in [5.41, 5.74) is 0. The van der Waals surface area contributed by atoms with E-state index in [2.05, 4.69) is 15.5 Å². The lowest BCUT2D eigenvalue weighted by molar-refractivity contribution is -0.168. The molecule has 72 valence electrons. The SMILES string of the molecule is CCn1nnnc1C(F)(F)C(=O)O. The highest BCUT2D eigenvalue weighted by atomic mass is 19.3. The fourth-order valence-electron chi connectivity index (χ4n) is 0.738. The number of carboxylic acids is 1. The molecule has 0 atom stereocenters. The third kappa shape index (κ3) is 1.46. The Morgan fingerprint density at radius 2 is 2.31 bits per heavy atom. The van der Waals surface area contributed by atoms with E-state index in [1.807, 2.05) is 0 Å². The molecule has 0 aliphatic rings. The summed E-state index contributed by atoms with van der Waals surface area (Å²) in [5, 5.41) is 17.3. The van der Waals surface area contributed by atoms with Gasteiger partial charge in [0.15, 0.2) is 0 Å². The van der Waals surface area contributed by atoms with Crippen molar-refractivity contribution in [1.82, 2.24) is 20.2 Å². The number of alkyl halides is 2. The first kappa shape index (κ1) is 9.49. The zero-order valence-corrected chi connectivity index (χ0v) is 6.61. The maximum absolute atomic E-state index is 12.8. The molecule has 0 saturated carbocycles. The molecular weight excluding hydrogens is 186 g/mol. The van der Waals surface area contributed by atoms with Crippen LogP contribution in [0.3, 0.4) is 0 Å². The Balaban J connectivity index is 3.13. The number of aliphatic carboxylic acids is 1. The fourth-order valence-corrected chi connectivity index (χ4v) is 0.738. The summed E-state index contributed by atoms with van der Waals surface area (Å²) in [6.07, 6.45) is 0. The lowest BCUT2D eigenvalue weighted by atomic mass is 10.3. The van der Waals surface area contributed by atoms with Crippen LogP contribution < -0.4 is 0 Å². The largest absolute Gasteiger partial charge is 0.476 e. The summed E-state index contributed by atoms with van der Waals surface area (Å²) < 4.78 is 26.3. The minimum atomic E-state index is -4.04. The summed E-state index contributed by atoms with van der Waals surface area (Å²) in [5.74, 6) is -7.26. The van der Waals surface area contributed by atoms with Gasteiger partial charge in [-0.1, -0.05) is 0 Å². The van der Waals surface area contributed by atoms with Gasteiger partial charge in [-0.05, 0) is 17.4 Å². The average Bonchev–Trinajstić information content (AvgIpc) is 2.51. The fraction of sp³-hybridized carbons (Fsp3) is 0.600. The molecule has 0 fully saturated rings. The third-order valence-electron chi connectivity index (χ3n) is 1.38. The van der Waals surface area contributed by atoms with Crippen LogP contribution in [-0.2, 0) is 17.3 Å². The van der Waals surface area contributed by atoms with Crippen LogP contribution in [-0.4, -0.2) is 31.3 Å².